The van der Waals surface area contributed by atoms with Gasteiger partial charge in [0.25, 0.3) is 0 Å². The number of carbonyl (C=O) groups excluding carboxylic acids is 3. The number of carbonyl (C=O) groups is 3. The third kappa shape index (κ3) is 9.68. The first-order chi connectivity index (χ1) is 15.5. The molecule has 3 amide bonds. The van der Waals surface area contributed by atoms with Gasteiger partial charge < -0.3 is 20.3 Å². The molecule has 0 aliphatic heterocycles. The maximum atomic E-state index is 13.5. The standard InChI is InChI=1S/C26H41N3O4/c1-8-11-16-27-23(30)22(21-15-13-14-20(10-3)18-21)29(17-12-9-2)24(31)19(4)28-25(32)33-26(5,6)7/h10,13-15,18-19,22H,3,8-9,11-12,16-17H2,1-2,4-7H3,(H,27,30)(H,28,32). The second-order valence-corrected chi connectivity index (χ2v) is 9.17. The van der Waals surface area contributed by atoms with Crippen LogP contribution in [0.5, 0.6) is 0 Å². The van der Waals surface area contributed by atoms with E-state index < -0.39 is 23.8 Å². The van der Waals surface area contributed by atoms with E-state index in [4.69, 9.17) is 4.74 Å². The second kappa shape index (κ2) is 13.7. The van der Waals surface area contributed by atoms with Crippen LogP contribution in [0.25, 0.3) is 6.08 Å². The molecule has 0 spiro atoms. The highest BCUT2D eigenvalue weighted by Gasteiger charge is 2.34. The van der Waals surface area contributed by atoms with Gasteiger partial charge in [0.15, 0.2) is 0 Å². The van der Waals surface area contributed by atoms with Crippen molar-refractivity contribution in [1.82, 2.24) is 15.5 Å². The molecule has 2 N–H and O–H groups in total. The average molecular weight is 460 g/mol. The van der Waals surface area contributed by atoms with Gasteiger partial charge in [-0.05, 0) is 57.7 Å². The highest BCUT2D eigenvalue weighted by molar-refractivity contribution is 5.92. The number of hydrogen-bond acceptors (Lipinski definition) is 4. The number of alkyl carbamates (subject to hydrolysis) is 1. The van der Waals surface area contributed by atoms with Crippen molar-refractivity contribution in [3.05, 3.63) is 42.0 Å². The van der Waals surface area contributed by atoms with E-state index in [2.05, 4.69) is 24.1 Å². The molecule has 0 saturated heterocycles. The van der Waals surface area contributed by atoms with Gasteiger partial charge in [0.05, 0.1) is 0 Å². The number of ether oxygens (including phenoxy) is 1. The van der Waals surface area contributed by atoms with Crippen LogP contribution in [-0.2, 0) is 14.3 Å². The van der Waals surface area contributed by atoms with Crippen LogP contribution in [0.3, 0.4) is 0 Å². The number of amides is 3. The Morgan fingerprint density at radius 3 is 2.39 bits per heavy atom. The SMILES string of the molecule is C=Cc1cccc(C(C(=O)NCCCC)N(CCCC)C(=O)C(C)NC(=O)OC(C)(C)C)c1. The van der Waals surface area contributed by atoms with Crippen LogP contribution in [0, 0.1) is 0 Å². The fraction of sp³-hybridized carbons (Fsp3) is 0.577. The summed E-state index contributed by atoms with van der Waals surface area (Å²) in [7, 11) is 0. The van der Waals surface area contributed by atoms with E-state index in [0.717, 1.165) is 31.2 Å². The van der Waals surface area contributed by atoms with Crippen molar-refractivity contribution >= 4 is 24.0 Å². The molecule has 0 radical (unpaired) electrons. The first kappa shape index (κ1) is 28.2. The Morgan fingerprint density at radius 2 is 1.82 bits per heavy atom. The van der Waals surface area contributed by atoms with Crippen LogP contribution in [0.1, 0.15) is 84.4 Å². The minimum atomic E-state index is -0.856. The van der Waals surface area contributed by atoms with Gasteiger partial charge in [0.1, 0.15) is 17.7 Å². The van der Waals surface area contributed by atoms with E-state index in [1.54, 1.807) is 38.7 Å². The zero-order valence-corrected chi connectivity index (χ0v) is 21.1. The van der Waals surface area contributed by atoms with Crippen molar-refractivity contribution in [2.24, 2.45) is 0 Å². The summed E-state index contributed by atoms with van der Waals surface area (Å²) in [6.45, 7) is 15.7. The predicted octanol–water partition coefficient (Wildman–Crippen LogP) is 4.83. The van der Waals surface area contributed by atoms with Gasteiger partial charge >= 0.3 is 6.09 Å². The molecule has 7 heteroatoms. The lowest BCUT2D eigenvalue weighted by atomic mass is 10.00. The maximum Gasteiger partial charge on any atom is 0.408 e. The number of benzene rings is 1. The van der Waals surface area contributed by atoms with E-state index in [1.165, 1.54) is 0 Å². The summed E-state index contributed by atoms with van der Waals surface area (Å²) in [6, 6.07) is 5.79. The zero-order chi connectivity index (χ0) is 25.0. The molecule has 0 aromatic heterocycles. The fourth-order valence-corrected chi connectivity index (χ4v) is 3.30. The van der Waals surface area contributed by atoms with Crippen molar-refractivity contribution < 1.29 is 19.1 Å². The normalized spacial score (nSPS) is 12.9. The molecule has 33 heavy (non-hydrogen) atoms. The molecule has 0 saturated carbocycles. The smallest absolute Gasteiger partial charge is 0.408 e. The molecule has 2 unspecified atom stereocenters. The van der Waals surface area contributed by atoms with Crippen LogP contribution in [0.15, 0.2) is 30.8 Å². The molecule has 1 aromatic rings. The molecule has 7 nitrogen and oxygen atoms in total. The third-order valence-corrected chi connectivity index (χ3v) is 4.99. The fourth-order valence-electron chi connectivity index (χ4n) is 3.30. The lowest BCUT2D eigenvalue weighted by Gasteiger charge is -2.34. The van der Waals surface area contributed by atoms with Crippen molar-refractivity contribution in [3.63, 3.8) is 0 Å². The second-order valence-electron chi connectivity index (χ2n) is 9.17. The van der Waals surface area contributed by atoms with E-state index in [9.17, 15) is 14.4 Å². The van der Waals surface area contributed by atoms with Crippen molar-refractivity contribution in [2.75, 3.05) is 13.1 Å². The number of nitrogens with zero attached hydrogens (tertiary/aromatic N) is 1. The van der Waals surface area contributed by atoms with E-state index >= 15 is 0 Å². The van der Waals surface area contributed by atoms with Crippen LogP contribution < -0.4 is 10.6 Å². The van der Waals surface area contributed by atoms with E-state index in [-0.39, 0.29) is 11.8 Å². The van der Waals surface area contributed by atoms with Crippen LogP contribution in [-0.4, -0.2) is 47.5 Å². The summed E-state index contributed by atoms with van der Waals surface area (Å²) < 4.78 is 5.30. The Labute approximate surface area is 198 Å². The lowest BCUT2D eigenvalue weighted by molar-refractivity contribution is -0.142. The van der Waals surface area contributed by atoms with Crippen LogP contribution in [0.4, 0.5) is 4.79 Å². The third-order valence-electron chi connectivity index (χ3n) is 4.99. The quantitative estimate of drug-likeness (QED) is 0.438. The molecular formula is C26H41N3O4. The predicted molar refractivity (Wildman–Crippen MR) is 133 cm³/mol. The van der Waals surface area contributed by atoms with Crippen LogP contribution >= 0.6 is 0 Å². The molecule has 2 atom stereocenters. The van der Waals surface area contributed by atoms with Crippen LogP contribution in [0.2, 0.25) is 0 Å². The molecule has 0 aliphatic rings. The van der Waals surface area contributed by atoms with E-state index in [1.807, 2.05) is 31.2 Å². The first-order valence-electron chi connectivity index (χ1n) is 11.8. The summed E-state index contributed by atoms with van der Waals surface area (Å²) in [6.07, 6.45) is 4.42. The summed E-state index contributed by atoms with van der Waals surface area (Å²) in [4.78, 5) is 40.6. The van der Waals surface area contributed by atoms with Crippen molar-refractivity contribution in [2.45, 2.75) is 84.9 Å². The summed E-state index contributed by atoms with van der Waals surface area (Å²) in [5, 5.41) is 5.58. The Hall–Kier alpha value is -2.83. The number of rotatable bonds is 12. The van der Waals surface area contributed by atoms with Gasteiger partial charge in [0.2, 0.25) is 11.8 Å². The summed E-state index contributed by atoms with van der Waals surface area (Å²) in [5.41, 5.74) is 0.888. The zero-order valence-electron chi connectivity index (χ0n) is 21.1. The monoisotopic (exact) mass is 459 g/mol. The van der Waals surface area contributed by atoms with Crippen molar-refractivity contribution in [3.8, 4) is 0 Å². The Balaban J connectivity index is 3.28. The number of hydrogen-bond donors (Lipinski definition) is 2. The average Bonchev–Trinajstić information content (AvgIpc) is 2.74. The molecule has 1 aromatic carbocycles. The Kier molecular flexibility index (Phi) is 11.7. The molecule has 1 rings (SSSR count). The van der Waals surface area contributed by atoms with Gasteiger partial charge in [-0.1, -0.05) is 57.5 Å². The lowest BCUT2D eigenvalue weighted by Crippen LogP contribution is -2.52. The topological polar surface area (TPSA) is 87.7 Å². The molecule has 184 valence electrons. The van der Waals surface area contributed by atoms with Gasteiger partial charge in [-0.15, -0.1) is 0 Å². The van der Waals surface area contributed by atoms with E-state index in [0.29, 0.717) is 18.7 Å². The molecule has 0 bridgehead atoms. The Bertz CT molecular complexity index is 801. The largest absolute Gasteiger partial charge is 0.444 e. The molecule has 0 aliphatic carbocycles. The number of nitrogens with one attached hydrogen (secondary N) is 2. The molecule has 0 heterocycles. The summed E-state index contributed by atoms with van der Waals surface area (Å²) >= 11 is 0. The number of unbranched alkanes of at least 4 members (excludes halogenated alkanes) is 2. The maximum absolute atomic E-state index is 13.5. The molecular weight excluding hydrogens is 418 g/mol. The van der Waals surface area contributed by atoms with Gasteiger partial charge in [-0.2, -0.15) is 0 Å². The minimum Gasteiger partial charge on any atom is -0.444 e. The highest BCUT2D eigenvalue weighted by Crippen LogP contribution is 2.24. The van der Waals surface area contributed by atoms with Crippen molar-refractivity contribution in [1.29, 1.82) is 0 Å². The molecule has 0 fully saturated rings. The van der Waals surface area contributed by atoms with Gasteiger partial charge in [0, 0.05) is 13.1 Å². The highest BCUT2D eigenvalue weighted by atomic mass is 16.6. The van der Waals surface area contributed by atoms with Gasteiger partial charge in [-0.25, -0.2) is 4.79 Å². The minimum absolute atomic E-state index is 0.237. The first-order valence-corrected chi connectivity index (χ1v) is 11.8. The Morgan fingerprint density at radius 1 is 1.15 bits per heavy atom. The van der Waals surface area contributed by atoms with Gasteiger partial charge in [-0.3, -0.25) is 9.59 Å². The summed E-state index contributed by atoms with van der Waals surface area (Å²) in [5.74, 6) is -0.576.